The zero-order valence-electron chi connectivity index (χ0n) is 24.0. The Kier molecular flexibility index (Phi) is 7.28. The number of tetrazole rings is 1. The monoisotopic (exact) mass is 549 g/mol. The van der Waals surface area contributed by atoms with Crippen LogP contribution in [0, 0.1) is 20.8 Å². The van der Waals surface area contributed by atoms with Crippen molar-refractivity contribution in [3.8, 4) is 5.75 Å². The number of rotatable bonds is 7. The van der Waals surface area contributed by atoms with Crippen LogP contribution < -0.4 is 15.2 Å². The third kappa shape index (κ3) is 5.32. The molecule has 1 fully saturated rings. The summed E-state index contributed by atoms with van der Waals surface area (Å²) in [6.45, 7) is 10.1. The van der Waals surface area contributed by atoms with Crippen molar-refractivity contribution < 1.29 is 4.74 Å². The van der Waals surface area contributed by atoms with Crippen LogP contribution in [0.2, 0.25) is 0 Å². The highest BCUT2D eigenvalue weighted by atomic mass is 16.5. The van der Waals surface area contributed by atoms with E-state index in [0.29, 0.717) is 17.9 Å². The lowest BCUT2D eigenvalue weighted by molar-refractivity contribution is 0.200. The number of aromatic amines is 1. The number of aryl methyl sites for hydroxylation is 2. The first-order chi connectivity index (χ1) is 19.9. The molecule has 41 heavy (non-hydrogen) atoms. The molecule has 3 aromatic carbocycles. The van der Waals surface area contributed by atoms with Gasteiger partial charge in [-0.2, -0.15) is 0 Å². The number of nitrogens with zero attached hydrogens (tertiary/aromatic N) is 6. The molecule has 1 aliphatic heterocycles. The lowest BCUT2D eigenvalue weighted by Gasteiger charge is -2.40. The van der Waals surface area contributed by atoms with Gasteiger partial charge in [0.1, 0.15) is 11.8 Å². The Balaban J connectivity index is 1.38. The predicted molar refractivity (Wildman–Crippen MR) is 161 cm³/mol. The van der Waals surface area contributed by atoms with Gasteiger partial charge < -0.3 is 14.6 Å². The minimum atomic E-state index is -0.405. The van der Waals surface area contributed by atoms with Crippen LogP contribution in [0.5, 0.6) is 5.75 Å². The number of benzene rings is 3. The van der Waals surface area contributed by atoms with E-state index in [0.717, 1.165) is 54.0 Å². The summed E-state index contributed by atoms with van der Waals surface area (Å²) < 4.78 is 7.13. The number of aromatic nitrogens is 5. The fourth-order valence-corrected chi connectivity index (χ4v) is 5.77. The van der Waals surface area contributed by atoms with Crippen LogP contribution in [0.15, 0.2) is 71.5 Å². The lowest BCUT2D eigenvalue weighted by Crippen LogP contribution is -2.49. The summed E-state index contributed by atoms with van der Waals surface area (Å²) in [5.41, 5.74) is 7.39. The molecule has 9 heteroatoms. The molecule has 1 unspecified atom stereocenters. The number of piperazine rings is 1. The summed E-state index contributed by atoms with van der Waals surface area (Å²) in [4.78, 5) is 21.5. The van der Waals surface area contributed by atoms with Gasteiger partial charge in [0.2, 0.25) is 0 Å². The van der Waals surface area contributed by atoms with Crippen molar-refractivity contribution in [3.63, 3.8) is 0 Å². The molecule has 1 aliphatic rings. The number of pyridine rings is 1. The number of hydrogen-bond donors (Lipinski definition) is 1. The van der Waals surface area contributed by atoms with Gasteiger partial charge in [0.25, 0.3) is 5.56 Å². The number of methoxy groups -OCH3 is 1. The predicted octanol–water partition coefficient (Wildman–Crippen LogP) is 4.41. The maximum Gasteiger partial charge on any atom is 0.253 e. The van der Waals surface area contributed by atoms with E-state index in [1.807, 2.05) is 47.1 Å². The zero-order chi connectivity index (χ0) is 28.5. The van der Waals surface area contributed by atoms with Crippen molar-refractivity contribution in [2.75, 3.05) is 38.2 Å². The molecular formula is C32H35N7O2. The van der Waals surface area contributed by atoms with Crippen LogP contribution >= 0.6 is 0 Å². The van der Waals surface area contributed by atoms with Gasteiger partial charge in [0.05, 0.1) is 13.7 Å². The van der Waals surface area contributed by atoms with Crippen molar-refractivity contribution in [2.45, 2.75) is 33.4 Å². The van der Waals surface area contributed by atoms with Gasteiger partial charge in [-0.1, -0.05) is 35.9 Å². The van der Waals surface area contributed by atoms with Gasteiger partial charge in [0.15, 0.2) is 5.82 Å². The van der Waals surface area contributed by atoms with E-state index >= 15 is 0 Å². The molecule has 0 bridgehead atoms. The third-order valence-corrected chi connectivity index (χ3v) is 8.21. The van der Waals surface area contributed by atoms with Crippen molar-refractivity contribution in [2.24, 2.45) is 0 Å². The van der Waals surface area contributed by atoms with E-state index in [-0.39, 0.29) is 5.56 Å². The third-order valence-electron chi connectivity index (χ3n) is 8.21. The molecule has 0 spiro atoms. The molecule has 1 atom stereocenters. The highest BCUT2D eigenvalue weighted by molar-refractivity contribution is 5.79. The summed E-state index contributed by atoms with van der Waals surface area (Å²) in [7, 11) is 1.65. The van der Waals surface area contributed by atoms with Crippen molar-refractivity contribution in [1.82, 2.24) is 30.1 Å². The summed E-state index contributed by atoms with van der Waals surface area (Å²) in [6, 6.07) is 22.0. The number of nitrogens with one attached hydrogen (secondary N) is 1. The largest absolute Gasteiger partial charge is 0.497 e. The van der Waals surface area contributed by atoms with Gasteiger partial charge in [-0.25, -0.2) is 4.68 Å². The molecule has 0 radical (unpaired) electrons. The molecule has 1 N–H and O–H groups in total. The van der Waals surface area contributed by atoms with E-state index in [1.54, 1.807) is 7.11 Å². The minimum Gasteiger partial charge on any atom is -0.497 e. The molecular weight excluding hydrogens is 514 g/mol. The summed E-state index contributed by atoms with van der Waals surface area (Å²) in [5, 5.41) is 13.9. The standard InChI is InChI=1S/C32H35N7O2/c1-21-8-13-28-25(18-21)19-27(32(40)33-28)30(31-34-35-36-39(31)20-24-9-11-26(41-4)12-10-24)38-16-14-37(15-17-38)29-7-5-6-22(2)23(29)3/h5-13,18-19,30H,14-17,20H2,1-4H3,(H,33,40). The first-order valence-electron chi connectivity index (χ1n) is 14.0. The maximum atomic E-state index is 13.6. The van der Waals surface area contributed by atoms with E-state index < -0.39 is 6.04 Å². The smallest absolute Gasteiger partial charge is 0.253 e. The van der Waals surface area contributed by atoms with Gasteiger partial charge >= 0.3 is 0 Å². The van der Waals surface area contributed by atoms with Gasteiger partial charge in [-0.15, -0.1) is 5.10 Å². The van der Waals surface area contributed by atoms with E-state index in [1.165, 1.54) is 16.8 Å². The second-order valence-electron chi connectivity index (χ2n) is 10.8. The normalized spacial score (nSPS) is 14.9. The molecule has 6 rings (SSSR count). The topological polar surface area (TPSA) is 92.2 Å². The molecule has 5 aromatic rings. The average molecular weight is 550 g/mol. The van der Waals surface area contributed by atoms with Gasteiger partial charge in [-0.3, -0.25) is 9.69 Å². The second-order valence-corrected chi connectivity index (χ2v) is 10.8. The molecule has 9 nitrogen and oxygen atoms in total. The van der Waals surface area contributed by atoms with E-state index in [9.17, 15) is 4.79 Å². The van der Waals surface area contributed by atoms with E-state index in [2.05, 4.69) is 75.3 Å². The number of H-pyrrole nitrogens is 1. The Morgan fingerprint density at radius 2 is 1.73 bits per heavy atom. The lowest BCUT2D eigenvalue weighted by atomic mass is 10.0. The van der Waals surface area contributed by atoms with Crippen LogP contribution in [0.25, 0.3) is 10.9 Å². The quantitative estimate of drug-likeness (QED) is 0.322. The van der Waals surface area contributed by atoms with Gasteiger partial charge in [0, 0.05) is 42.9 Å². The summed E-state index contributed by atoms with van der Waals surface area (Å²) in [6.07, 6.45) is 0. The molecule has 1 saturated heterocycles. The first-order valence-corrected chi connectivity index (χ1v) is 14.0. The number of ether oxygens (including phenoxy) is 1. The number of anilines is 1. The highest BCUT2D eigenvalue weighted by Gasteiger charge is 2.33. The van der Waals surface area contributed by atoms with Crippen molar-refractivity contribution >= 4 is 16.6 Å². The van der Waals surface area contributed by atoms with Crippen molar-refractivity contribution in [1.29, 1.82) is 0 Å². The zero-order valence-corrected chi connectivity index (χ0v) is 24.0. The highest BCUT2D eigenvalue weighted by Crippen LogP contribution is 2.30. The SMILES string of the molecule is COc1ccc(Cn2nnnc2C(c2cc3cc(C)ccc3[nH]c2=O)N2CCN(c3cccc(C)c3C)CC2)cc1. The van der Waals surface area contributed by atoms with E-state index in [4.69, 9.17) is 4.74 Å². The Morgan fingerprint density at radius 3 is 2.49 bits per heavy atom. The fraction of sp³-hybridized carbons (Fsp3) is 0.312. The molecule has 3 heterocycles. The van der Waals surface area contributed by atoms with Crippen LogP contribution in [0.3, 0.4) is 0 Å². The van der Waals surface area contributed by atoms with Crippen LogP contribution in [-0.2, 0) is 6.54 Å². The van der Waals surface area contributed by atoms with Crippen LogP contribution in [0.1, 0.15) is 39.7 Å². The number of fused-ring (bicyclic) bond motifs is 1. The second kappa shape index (κ2) is 11.2. The van der Waals surface area contributed by atoms with Crippen LogP contribution in [0.4, 0.5) is 5.69 Å². The summed E-state index contributed by atoms with van der Waals surface area (Å²) >= 11 is 0. The van der Waals surface area contributed by atoms with Crippen molar-refractivity contribution in [3.05, 3.63) is 111 Å². The molecule has 0 saturated carbocycles. The molecule has 210 valence electrons. The van der Waals surface area contributed by atoms with Crippen LogP contribution in [-0.4, -0.2) is 63.4 Å². The Hall–Kier alpha value is -4.50. The molecule has 0 amide bonds. The Bertz CT molecular complexity index is 1730. The molecule has 0 aliphatic carbocycles. The maximum absolute atomic E-state index is 13.6. The fourth-order valence-electron chi connectivity index (χ4n) is 5.77. The minimum absolute atomic E-state index is 0.123. The number of hydrogen-bond acceptors (Lipinski definition) is 7. The average Bonchev–Trinajstić information content (AvgIpc) is 3.43. The Labute approximate surface area is 239 Å². The Morgan fingerprint density at radius 1 is 0.951 bits per heavy atom. The summed E-state index contributed by atoms with van der Waals surface area (Å²) in [5.74, 6) is 1.45. The first kappa shape index (κ1) is 26.7. The molecule has 2 aromatic heterocycles. The van der Waals surface area contributed by atoms with Gasteiger partial charge in [-0.05, 0) is 89.7 Å².